The predicted molar refractivity (Wildman–Crippen MR) is 271 cm³/mol. The van der Waals surface area contributed by atoms with Crippen LogP contribution in [0.4, 0.5) is 0 Å². The van der Waals surface area contributed by atoms with Crippen molar-refractivity contribution in [3.8, 4) is 67.5 Å². The van der Waals surface area contributed by atoms with Crippen molar-refractivity contribution in [2.45, 2.75) is 119 Å². The first kappa shape index (κ1) is 43.3. The average molecular weight is 1040 g/mol. The number of imidazole rings is 1. The molecule has 5 heteroatoms. The molecule has 0 spiro atoms. The number of fused-ring (bicyclic) bond motifs is 1. The van der Waals surface area contributed by atoms with Gasteiger partial charge in [-0.1, -0.05) is 179 Å². The van der Waals surface area contributed by atoms with Crippen molar-refractivity contribution in [3.05, 3.63) is 167 Å². The molecule has 0 atom stereocenters. The van der Waals surface area contributed by atoms with Gasteiger partial charge < -0.3 is 5.11 Å². The van der Waals surface area contributed by atoms with Gasteiger partial charge in [0, 0.05) is 42.8 Å². The van der Waals surface area contributed by atoms with Crippen LogP contribution in [0, 0.1) is 13.0 Å². The third-order valence-electron chi connectivity index (χ3n) is 12.4. The van der Waals surface area contributed by atoms with Gasteiger partial charge in [-0.3, -0.25) is 9.55 Å². The summed E-state index contributed by atoms with van der Waals surface area (Å²) in [6.07, 6.45) is 1.86. The zero-order chi connectivity index (χ0) is 48.6. The van der Waals surface area contributed by atoms with E-state index in [-0.39, 0.29) is 37.6 Å². The van der Waals surface area contributed by atoms with Crippen LogP contribution in [0.5, 0.6) is 5.75 Å². The van der Waals surface area contributed by atoms with Gasteiger partial charge in [-0.05, 0) is 110 Å². The van der Waals surface area contributed by atoms with Crippen LogP contribution in [0.2, 0.25) is 0 Å². The number of nitrogens with zero attached hydrogens (tertiary/aromatic N) is 3. The fourth-order valence-corrected chi connectivity index (χ4v) is 8.71. The van der Waals surface area contributed by atoms with Crippen LogP contribution in [-0.2, 0) is 31.9 Å². The molecule has 0 fully saturated rings. The normalized spacial score (nSPS) is 13.3. The molecule has 336 valence electrons. The minimum absolute atomic E-state index is 0. The van der Waals surface area contributed by atoms with E-state index < -0.39 is 17.7 Å². The summed E-state index contributed by atoms with van der Waals surface area (Å²) in [6.45, 7) is 26.4. The Morgan fingerprint density at radius 1 is 0.615 bits per heavy atom. The minimum atomic E-state index is -1.18. The molecule has 1 N–H and O–H groups in total. The molecule has 0 saturated carbocycles. The van der Waals surface area contributed by atoms with Crippen LogP contribution >= 0.6 is 0 Å². The van der Waals surface area contributed by atoms with E-state index in [1.807, 2.05) is 52.1 Å². The van der Waals surface area contributed by atoms with E-state index in [2.05, 4.69) is 156 Å². The molecule has 0 amide bonds. The molecule has 8 rings (SSSR count). The number of aromatic nitrogens is 3. The summed E-state index contributed by atoms with van der Waals surface area (Å²) in [4.78, 5) is 10.4. The van der Waals surface area contributed by atoms with Crippen molar-refractivity contribution in [2.24, 2.45) is 0 Å². The Bertz CT molecular complexity index is 3170. The number of hydrogen-bond acceptors (Lipinski definition) is 3. The number of phenolic OH excluding ortho intramolecular Hbond substituents is 1. The molecular formula is C60H64N3OPt-. The van der Waals surface area contributed by atoms with Gasteiger partial charge in [0.15, 0.2) is 0 Å². The Labute approximate surface area is 406 Å². The number of aromatic hydroxyl groups is 1. The molecule has 0 saturated heterocycles. The van der Waals surface area contributed by atoms with E-state index in [0.717, 1.165) is 67.0 Å². The zero-order valence-corrected chi connectivity index (χ0v) is 42.5. The summed E-state index contributed by atoms with van der Waals surface area (Å²) >= 11 is 0. The number of phenols is 1. The van der Waals surface area contributed by atoms with Crippen LogP contribution in [0.15, 0.2) is 128 Å². The minimum Gasteiger partial charge on any atom is -0.507 e. The maximum absolute atomic E-state index is 12.4. The van der Waals surface area contributed by atoms with E-state index in [4.69, 9.17) is 11.3 Å². The number of benzene rings is 6. The van der Waals surface area contributed by atoms with E-state index in [9.17, 15) is 7.85 Å². The van der Waals surface area contributed by atoms with Crippen molar-refractivity contribution in [1.82, 2.24) is 14.5 Å². The molecule has 0 aliphatic carbocycles. The monoisotopic (exact) mass is 1040 g/mol. The van der Waals surface area contributed by atoms with Gasteiger partial charge in [-0.25, -0.2) is 4.98 Å². The Morgan fingerprint density at radius 3 is 1.95 bits per heavy atom. The Balaban J connectivity index is 0.00000684. The summed E-state index contributed by atoms with van der Waals surface area (Å²) < 4.78 is 30.0. The molecule has 2 heterocycles. The number of aryl methyl sites for hydroxylation is 1. The third-order valence-corrected chi connectivity index (χ3v) is 12.4. The van der Waals surface area contributed by atoms with Crippen LogP contribution in [0.25, 0.3) is 72.7 Å². The van der Waals surface area contributed by atoms with E-state index in [1.165, 1.54) is 11.1 Å². The Kier molecular flexibility index (Phi) is 12.2. The maximum Gasteiger partial charge on any atom is 0.148 e. The molecule has 6 aromatic carbocycles. The van der Waals surface area contributed by atoms with Gasteiger partial charge in [0.25, 0.3) is 0 Å². The fourth-order valence-electron chi connectivity index (χ4n) is 8.71. The summed E-state index contributed by atoms with van der Waals surface area (Å²) in [7, 11) is 0. The summed E-state index contributed by atoms with van der Waals surface area (Å²) in [5.74, 6) is -2.81. The summed E-state index contributed by atoms with van der Waals surface area (Å²) in [5, 5.41) is 12.4. The number of pyridine rings is 1. The van der Waals surface area contributed by atoms with Crippen LogP contribution < -0.4 is 0 Å². The molecular weight excluding hydrogens is 974 g/mol. The molecule has 0 unspecified atom stereocenters. The average Bonchev–Trinajstić information content (AvgIpc) is 3.64. The maximum atomic E-state index is 12.4. The second-order valence-corrected chi connectivity index (χ2v) is 20.1. The Morgan fingerprint density at radius 2 is 1.29 bits per heavy atom. The van der Waals surface area contributed by atoms with E-state index in [0.29, 0.717) is 28.0 Å². The number of para-hydroxylation sites is 1. The standard InChI is InChI=1S/C60H64N3O.Pt/c1-36(2)42-32-51(38(5)6)57(64)52(33-42)58-62-56-47(43-29-44(31-45(30-43)59(8,9)10)54-34-41(27-28-61-54)40-23-21-39(7)22-24-40)18-16-20-55(56)63(58)46-25-26-48(50(35-46)37(3)4)49-17-14-15-19-53(49)60(11,12)13;/h14-28,30-38,64H,1-13H3;/q-1;/i36D,37D,38D;. The number of hydrogen-bond donors (Lipinski definition) is 1. The van der Waals surface area contributed by atoms with Crippen LogP contribution in [-0.4, -0.2) is 19.6 Å². The second-order valence-electron chi connectivity index (χ2n) is 20.1. The quantitative estimate of drug-likeness (QED) is 0.147. The summed E-state index contributed by atoms with van der Waals surface area (Å²) in [6, 6.07) is 45.5. The van der Waals surface area contributed by atoms with Gasteiger partial charge in [0.2, 0.25) is 0 Å². The first-order chi connectivity index (χ1) is 31.2. The molecule has 8 aromatic rings. The van der Waals surface area contributed by atoms with Gasteiger partial charge in [0.05, 0.1) is 16.6 Å². The van der Waals surface area contributed by atoms with Gasteiger partial charge >= 0.3 is 0 Å². The van der Waals surface area contributed by atoms with Gasteiger partial charge in [-0.2, -0.15) is 0 Å². The van der Waals surface area contributed by atoms with Crippen LogP contribution in [0.3, 0.4) is 0 Å². The molecule has 0 bridgehead atoms. The molecule has 65 heavy (non-hydrogen) atoms. The van der Waals surface area contributed by atoms with Gasteiger partial charge in [-0.15, -0.1) is 29.3 Å². The topological polar surface area (TPSA) is 50.9 Å². The van der Waals surface area contributed by atoms with Crippen molar-refractivity contribution in [3.63, 3.8) is 0 Å². The molecule has 4 nitrogen and oxygen atoms in total. The molecule has 0 aliphatic heterocycles. The number of rotatable bonds is 9. The largest absolute Gasteiger partial charge is 0.507 e. The molecule has 0 radical (unpaired) electrons. The summed E-state index contributed by atoms with van der Waals surface area (Å²) in [5.41, 5.74) is 15.4. The van der Waals surface area contributed by atoms with Crippen LogP contribution in [0.1, 0.15) is 138 Å². The second kappa shape index (κ2) is 18.4. The van der Waals surface area contributed by atoms with E-state index >= 15 is 0 Å². The fraction of sp³-hybridized carbons (Fsp3) is 0.300. The van der Waals surface area contributed by atoms with Crippen molar-refractivity contribution in [1.29, 1.82) is 0 Å². The SMILES string of the molecule is [2H]C(C)(C)c1cc(-c2nc3c(-c4[c-]c(-c5cc(-c6ccc(C)cc6)ccn5)cc(C(C)(C)C)c4)cccc3n2-c2ccc(-c3ccccc3C(C)(C)C)c(C([2H])(C)C)c2)c(O)c(C([2H])(C)C)c1.[Pt]. The smallest absolute Gasteiger partial charge is 0.148 e. The van der Waals surface area contributed by atoms with E-state index in [1.54, 1.807) is 19.9 Å². The molecule has 0 aliphatic rings. The first-order valence-corrected chi connectivity index (χ1v) is 22.5. The van der Waals surface area contributed by atoms with Crippen molar-refractivity contribution >= 4 is 11.0 Å². The predicted octanol–water partition coefficient (Wildman–Crippen LogP) is 16.5. The Hall–Kier alpha value is -5.57. The van der Waals surface area contributed by atoms with Crippen molar-refractivity contribution < 1.29 is 30.3 Å². The van der Waals surface area contributed by atoms with Crippen molar-refractivity contribution in [2.75, 3.05) is 0 Å². The zero-order valence-electron chi connectivity index (χ0n) is 43.2. The third kappa shape index (κ3) is 9.43. The first-order valence-electron chi connectivity index (χ1n) is 24.0. The molecule has 2 aromatic heterocycles. The van der Waals surface area contributed by atoms with Gasteiger partial charge in [0.1, 0.15) is 11.6 Å².